The summed E-state index contributed by atoms with van der Waals surface area (Å²) in [5.74, 6) is -2.24. The third-order valence-corrected chi connectivity index (χ3v) is 1.96. The van der Waals surface area contributed by atoms with Crippen LogP contribution >= 0.6 is 0 Å². The molecule has 0 fully saturated rings. The zero-order chi connectivity index (χ0) is 12.3. The Morgan fingerprint density at radius 1 is 1.62 bits per heavy atom. The summed E-state index contributed by atoms with van der Waals surface area (Å²) in [5.41, 5.74) is 5.46. The number of carboxylic acids is 1. The molecular weight excluding hydrogens is 215 g/mol. The zero-order valence-electron chi connectivity index (χ0n) is 8.70. The van der Waals surface area contributed by atoms with Crippen molar-refractivity contribution < 1.29 is 19.4 Å². The van der Waals surface area contributed by atoms with E-state index in [-0.39, 0.29) is 17.9 Å². The summed E-state index contributed by atoms with van der Waals surface area (Å²) in [6.07, 6.45) is -0.610. The second-order valence-electron chi connectivity index (χ2n) is 3.45. The standard InChI is InChI=1S/C10H13FN2O3/c1-5(14)4-13-9-3-7(11)6(10(15)16)2-8(9)12/h2-3,5,13-14H,4,12H2,1H3,(H,15,16). The minimum absolute atomic E-state index is 0.124. The SMILES string of the molecule is CC(O)CNc1cc(F)c(C(=O)O)cc1N. The number of hydrogen-bond acceptors (Lipinski definition) is 4. The smallest absolute Gasteiger partial charge is 0.338 e. The monoisotopic (exact) mass is 228 g/mol. The number of aliphatic hydroxyl groups excluding tert-OH is 1. The number of nitrogen functional groups attached to an aromatic ring is 1. The van der Waals surface area contributed by atoms with Crippen LogP contribution in [-0.4, -0.2) is 28.8 Å². The number of aliphatic hydroxyl groups is 1. The highest BCUT2D eigenvalue weighted by Gasteiger charge is 2.13. The first-order valence-electron chi connectivity index (χ1n) is 4.66. The van der Waals surface area contributed by atoms with Crippen LogP contribution in [0.3, 0.4) is 0 Å². The third kappa shape index (κ3) is 2.83. The molecule has 0 spiro atoms. The highest BCUT2D eigenvalue weighted by molar-refractivity contribution is 5.90. The lowest BCUT2D eigenvalue weighted by molar-refractivity contribution is 0.0692. The summed E-state index contributed by atoms with van der Waals surface area (Å²) in [7, 11) is 0. The summed E-state index contributed by atoms with van der Waals surface area (Å²) >= 11 is 0. The minimum atomic E-state index is -1.37. The Morgan fingerprint density at radius 3 is 2.75 bits per heavy atom. The maximum absolute atomic E-state index is 13.3. The van der Waals surface area contributed by atoms with Crippen LogP contribution in [0.4, 0.5) is 15.8 Å². The van der Waals surface area contributed by atoms with E-state index in [9.17, 15) is 9.18 Å². The predicted octanol–water partition coefficient (Wildman–Crippen LogP) is 0.899. The number of carboxylic acid groups (broad SMARTS) is 1. The van der Waals surface area contributed by atoms with Crippen molar-refractivity contribution in [2.75, 3.05) is 17.6 Å². The quantitative estimate of drug-likeness (QED) is 0.574. The molecule has 0 aliphatic carbocycles. The largest absolute Gasteiger partial charge is 0.478 e. The summed E-state index contributed by atoms with van der Waals surface area (Å²) in [6.45, 7) is 1.77. The van der Waals surface area contributed by atoms with Gasteiger partial charge in [-0.25, -0.2) is 9.18 Å². The van der Waals surface area contributed by atoms with Crippen molar-refractivity contribution in [2.45, 2.75) is 13.0 Å². The number of aromatic carboxylic acids is 1. The van der Waals surface area contributed by atoms with Crippen LogP contribution in [-0.2, 0) is 0 Å². The Hall–Kier alpha value is -1.82. The number of hydrogen-bond donors (Lipinski definition) is 4. The van der Waals surface area contributed by atoms with Gasteiger partial charge in [-0.3, -0.25) is 0 Å². The fraction of sp³-hybridized carbons (Fsp3) is 0.300. The maximum Gasteiger partial charge on any atom is 0.338 e. The van der Waals surface area contributed by atoms with Crippen LogP contribution in [0.2, 0.25) is 0 Å². The predicted molar refractivity (Wildman–Crippen MR) is 57.9 cm³/mol. The van der Waals surface area contributed by atoms with Crippen molar-refractivity contribution in [3.05, 3.63) is 23.5 Å². The zero-order valence-corrected chi connectivity index (χ0v) is 8.70. The van der Waals surface area contributed by atoms with Crippen molar-refractivity contribution >= 4 is 17.3 Å². The molecule has 0 aromatic heterocycles. The van der Waals surface area contributed by atoms with Crippen LogP contribution in [0.25, 0.3) is 0 Å². The van der Waals surface area contributed by atoms with Crippen LogP contribution < -0.4 is 11.1 Å². The van der Waals surface area contributed by atoms with Crippen LogP contribution in [0.15, 0.2) is 12.1 Å². The Morgan fingerprint density at radius 2 is 2.25 bits per heavy atom. The van der Waals surface area contributed by atoms with Crippen molar-refractivity contribution in [3.8, 4) is 0 Å². The molecule has 5 nitrogen and oxygen atoms in total. The number of halogens is 1. The minimum Gasteiger partial charge on any atom is -0.478 e. The van der Waals surface area contributed by atoms with E-state index in [1.165, 1.54) is 0 Å². The molecule has 0 aliphatic heterocycles. The van der Waals surface area contributed by atoms with Crippen molar-refractivity contribution in [1.29, 1.82) is 0 Å². The normalized spacial score (nSPS) is 12.2. The van der Waals surface area contributed by atoms with Gasteiger partial charge in [0.15, 0.2) is 0 Å². The van der Waals surface area contributed by atoms with Crippen molar-refractivity contribution in [3.63, 3.8) is 0 Å². The molecule has 1 rings (SSSR count). The van der Waals surface area contributed by atoms with E-state index in [2.05, 4.69) is 5.32 Å². The van der Waals surface area contributed by atoms with E-state index in [0.29, 0.717) is 0 Å². The summed E-state index contributed by atoms with van der Waals surface area (Å²) in [6, 6.07) is 2.04. The van der Waals surface area contributed by atoms with E-state index >= 15 is 0 Å². The number of nitrogens with two attached hydrogens (primary N) is 1. The fourth-order valence-electron chi connectivity index (χ4n) is 1.16. The van der Waals surface area contributed by atoms with E-state index in [1.54, 1.807) is 6.92 Å². The first kappa shape index (κ1) is 12.3. The maximum atomic E-state index is 13.3. The third-order valence-electron chi connectivity index (χ3n) is 1.96. The number of rotatable bonds is 4. The van der Waals surface area contributed by atoms with E-state index < -0.39 is 23.5 Å². The fourth-order valence-corrected chi connectivity index (χ4v) is 1.16. The highest BCUT2D eigenvalue weighted by Crippen LogP contribution is 2.22. The molecule has 0 bridgehead atoms. The molecule has 0 amide bonds. The molecule has 0 heterocycles. The molecule has 5 N–H and O–H groups in total. The number of carbonyl (C=O) groups is 1. The molecular formula is C10H13FN2O3. The molecule has 1 aromatic carbocycles. The van der Waals surface area contributed by atoms with Gasteiger partial charge in [0, 0.05) is 6.54 Å². The van der Waals surface area contributed by atoms with Gasteiger partial charge in [-0.05, 0) is 19.1 Å². The Kier molecular flexibility index (Phi) is 3.68. The van der Waals surface area contributed by atoms with Crippen LogP contribution in [0.5, 0.6) is 0 Å². The molecule has 0 saturated heterocycles. The molecule has 0 radical (unpaired) electrons. The molecule has 0 aliphatic rings. The lowest BCUT2D eigenvalue weighted by atomic mass is 10.1. The molecule has 88 valence electrons. The lowest BCUT2D eigenvalue weighted by Gasteiger charge is -2.11. The second-order valence-corrected chi connectivity index (χ2v) is 3.45. The Bertz CT molecular complexity index is 407. The Balaban J connectivity index is 2.96. The lowest BCUT2D eigenvalue weighted by Crippen LogP contribution is -2.16. The molecule has 0 saturated carbocycles. The topological polar surface area (TPSA) is 95.6 Å². The van der Waals surface area contributed by atoms with Gasteiger partial charge in [0.05, 0.1) is 23.0 Å². The average Bonchev–Trinajstić information content (AvgIpc) is 2.18. The van der Waals surface area contributed by atoms with E-state index in [0.717, 1.165) is 12.1 Å². The van der Waals surface area contributed by atoms with Crippen LogP contribution in [0, 0.1) is 5.82 Å². The first-order chi connectivity index (χ1) is 7.41. The molecule has 1 atom stereocenters. The molecule has 16 heavy (non-hydrogen) atoms. The van der Waals surface area contributed by atoms with E-state index in [1.807, 2.05) is 0 Å². The van der Waals surface area contributed by atoms with Gasteiger partial charge < -0.3 is 21.3 Å². The van der Waals surface area contributed by atoms with Crippen molar-refractivity contribution in [2.24, 2.45) is 0 Å². The summed E-state index contributed by atoms with van der Waals surface area (Å²) < 4.78 is 13.3. The highest BCUT2D eigenvalue weighted by atomic mass is 19.1. The van der Waals surface area contributed by atoms with Gasteiger partial charge in [-0.1, -0.05) is 0 Å². The second kappa shape index (κ2) is 4.80. The average molecular weight is 228 g/mol. The van der Waals surface area contributed by atoms with E-state index in [4.69, 9.17) is 15.9 Å². The van der Waals surface area contributed by atoms with Gasteiger partial charge in [-0.15, -0.1) is 0 Å². The van der Waals surface area contributed by atoms with Gasteiger partial charge >= 0.3 is 5.97 Å². The number of anilines is 2. The number of nitrogens with one attached hydrogen (secondary N) is 1. The van der Waals surface area contributed by atoms with Gasteiger partial charge in [0.25, 0.3) is 0 Å². The molecule has 1 unspecified atom stereocenters. The van der Waals surface area contributed by atoms with Crippen LogP contribution in [0.1, 0.15) is 17.3 Å². The van der Waals surface area contributed by atoms with Gasteiger partial charge in [-0.2, -0.15) is 0 Å². The summed E-state index contributed by atoms with van der Waals surface area (Å²) in [5, 5.41) is 20.4. The molecule has 1 aromatic rings. The Labute approximate surface area is 91.7 Å². The van der Waals surface area contributed by atoms with Gasteiger partial charge in [0.2, 0.25) is 0 Å². The number of benzene rings is 1. The summed E-state index contributed by atoms with van der Waals surface area (Å²) in [4.78, 5) is 10.6. The van der Waals surface area contributed by atoms with Crippen molar-refractivity contribution in [1.82, 2.24) is 0 Å². The van der Waals surface area contributed by atoms with Gasteiger partial charge in [0.1, 0.15) is 5.82 Å². The molecule has 6 heteroatoms. The first-order valence-corrected chi connectivity index (χ1v) is 4.66.